The maximum absolute atomic E-state index is 9.81. The van der Waals surface area contributed by atoms with E-state index >= 15 is 0 Å². The van der Waals surface area contributed by atoms with E-state index in [1.807, 2.05) is 13.8 Å². The number of hydrogen-bond donors (Lipinski definition) is 1. The molecule has 0 radical (unpaired) electrons. The summed E-state index contributed by atoms with van der Waals surface area (Å²) in [5.41, 5.74) is 0. The number of halogens is 1. The monoisotopic (exact) mass is 432 g/mol. The van der Waals surface area contributed by atoms with Crippen molar-refractivity contribution < 1.29 is 38.3 Å². The summed E-state index contributed by atoms with van der Waals surface area (Å²) in [6.45, 7) is 3.56. The van der Waals surface area contributed by atoms with Crippen molar-refractivity contribution in [2.24, 2.45) is 0 Å². The highest BCUT2D eigenvalue weighted by molar-refractivity contribution is 9.10. The van der Waals surface area contributed by atoms with E-state index in [4.69, 9.17) is 33.2 Å². The van der Waals surface area contributed by atoms with Gasteiger partial charge in [0.15, 0.2) is 29.7 Å². The van der Waals surface area contributed by atoms with Crippen LogP contribution in [0.25, 0.3) is 0 Å². The van der Waals surface area contributed by atoms with Crippen molar-refractivity contribution in [1.29, 1.82) is 0 Å². The second kappa shape index (κ2) is 6.81. The molecule has 2 saturated heterocycles. The molecule has 0 spiro atoms. The van der Waals surface area contributed by atoms with Crippen molar-refractivity contribution in [3.63, 3.8) is 0 Å². The zero-order chi connectivity index (χ0) is 18.5. The SMILES string of the molecule is CO[C@H]1O[C@H](CO)[C@@H](Oc2cc3c(cc2Br)OCO3)[C@@H]2OC(C)(C)O[C@H]12. The summed E-state index contributed by atoms with van der Waals surface area (Å²) in [6, 6.07) is 3.51. The van der Waals surface area contributed by atoms with Gasteiger partial charge in [-0.25, -0.2) is 0 Å². The van der Waals surface area contributed by atoms with Gasteiger partial charge < -0.3 is 38.3 Å². The van der Waals surface area contributed by atoms with Gasteiger partial charge in [0.1, 0.15) is 24.1 Å². The molecule has 3 aliphatic heterocycles. The summed E-state index contributed by atoms with van der Waals surface area (Å²) in [5, 5.41) is 9.81. The van der Waals surface area contributed by atoms with Crippen LogP contribution in [0.5, 0.6) is 17.2 Å². The molecule has 0 amide bonds. The lowest BCUT2D eigenvalue weighted by molar-refractivity contribution is -0.268. The van der Waals surface area contributed by atoms with E-state index in [0.717, 1.165) is 0 Å². The first-order valence-electron chi connectivity index (χ1n) is 8.32. The molecule has 4 rings (SSSR count). The van der Waals surface area contributed by atoms with Gasteiger partial charge in [0.2, 0.25) is 6.79 Å². The molecule has 8 nitrogen and oxygen atoms in total. The number of aliphatic hydroxyl groups is 1. The number of fused-ring (bicyclic) bond motifs is 2. The number of benzene rings is 1. The fraction of sp³-hybridized carbons (Fsp3) is 0.647. The fourth-order valence-corrected chi connectivity index (χ4v) is 3.85. The van der Waals surface area contributed by atoms with Gasteiger partial charge in [0.25, 0.3) is 0 Å². The van der Waals surface area contributed by atoms with E-state index in [2.05, 4.69) is 15.9 Å². The van der Waals surface area contributed by atoms with Crippen molar-refractivity contribution in [2.75, 3.05) is 20.5 Å². The van der Waals surface area contributed by atoms with Gasteiger partial charge in [0.05, 0.1) is 11.1 Å². The van der Waals surface area contributed by atoms with Crippen molar-refractivity contribution in [2.45, 2.75) is 50.3 Å². The zero-order valence-corrected chi connectivity index (χ0v) is 16.2. The molecular weight excluding hydrogens is 412 g/mol. The first-order chi connectivity index (χ1) is 12.4. The lowest BCUT2D eigenvalue weighted by atomic mass is 9.99. The Hall–Kier alpha value is -1.10. The second-order valence-corrected chi connectivity index (χ2v) is 7.60. The number of aliphatic hydroxyl groups excluding tert-OH is 1. The van der Waals surface area contributed by atoms with Crippen LogP contribution in [0.2, 0.25) is 0 Å². The summed E-state index contributed by atoms with van der Waals surface area (Å²) in [6.07, 6.45) is -2.85. The molecular formula is C17H21BrO8. The molecule has 1 aromatic carbocycles. The maximum atomic E-state index is 9.81. The standard InChI is InChI=1S/C17H21BrO8/c1-17(2)25-14-13(12(6-19)24-16(20-3)15(14)26-17)23-9-5-11-10(4-8(9)18)21-7-22-11/h4-5,12-16,19H,6-7H2,1-3H3/t12-,13-,14+,15+,16+/m1/s1. The van der Waals surface area contributed by atoms with Gasteiger partial charge in [-0.3, -0.25) is 0 Å². The van der Waals surface area contributed by atoms with E-state index in [1.54, 1.807) is 12.1 Å². The van der Waals surface area contributed by atoms with Crippen molar-refractivity contribution in [1.82, 2.24) is 0 Å². The van der Waals surface area contributed by atoms with Gasteiger partial charge in [-0.15, -0.1) is 0 Å². The molecule has 0 unspecified atom stereocenters. The smallest absolute Gasteiger partial charge is 0.231 e. The maximum Gasteiger partial charge on any atom is 0.231 e. The first-order valence-corrected chi connectivity index (χ1v) is 9.11. The van der Waals surface area contributed by atoms with E-state index in [-0.39, 0.29) is 13.4 Å². The van der Waals surface area contributed by atoms with Crippen LogP contribution in [-0.2, 0) is 18.9 Å². The van der Waals surface area contributed by atoms with Gasteiger partial charge in [-0.05, 0) is 29.8 Å². The Morgan fingerprint density at radius 1 is 1.19 bits per heavy atom. The summed E-state index contributed by atoms with van der Waals surface area (Å²) in [7, 11) is 1.53. The molecule has 0 aromatic heterocycles. The number of methoxy groups -OCH3 is 1. The molecule has 0 saturated carbocycles. The highest BCUT2D eigenvalue weighted by Gasteiger charge is 2.56. The lowest BCUT2D eigenvalue weighted by Crippen LogP contribution is -2.59. The summed E-state index contributed by atoms with van der Waals surface area (Å²) >= 11 is 3.48. The second-order valence-electron chi connectivity index (χ2n) is 6.74. The van der Waals surface area contributed by atoms with Crippen LogP contribution < -0.4 is 14.2 Å². The minimum atomic E-state index is -0.812. The van der Waals surface area contributed by atoms with E-state index in [0.29, 0.717) is 21.7 Å². The third-order valence-electron chi connectivity index (χ3n) is 4.53. The van der Waals surface area contributed by atoms with Crippen molar-refractivity contribution >= 4 is 15.9 Å². The van der Waals surface area contributed by atoms with Crippen LogP contribution in [-0.4, -0.2) is 62.1 Å². The normalized spacial score (nSPS) is 34.6. The highest BCUT2D eigenvalue weighted by Crippen LogP contribution is 2.43. The Bertz CT molecular complexity index is 681. The quantitative estimate of drug-likeness (QED) is 0.770. The van der Waals surface area contributed by atoms with Crippen LogP contribution >= 0.6 is 15.9 Å². The minimum Gasteiger partial charge on any atom is -0.483 e. The van der Waals surface area contributed by atoms with Crippen LogP contribution in [0.4, 0.5) is 0 Å². The Balaban J connectivity index is 1.63. The van der Waals surface area contributed by atoms with Crippen molar-refractivity contribution in [3.8, 4) is 17.2 Å². The molecule has 0 bridgehead atoms. The summed E-state index contributed by atoms with van der Waals surface area (Å²) in [4.78, 5) is 0. The third kappa shape index (κ3) is 3.17. The van der Waals surface area contributed by atoms with E-state index in [1.165, 1.54) is 7.11 Å². The predicted molar refractivity (Wildman–Crippen MR) is 91.3 cm³/mol. The Morgan fingerprint density at radius 3 is 2.58 bits per heavy atom. The Labute approximate surface area is 159 Å². The molecule has 1 N–H and O–H groups in total. The molecule has 5 atom stereocenters. The summed E-state index contributed by atoms with van der Waals surface area (Å²) in [5.74, 6) is 0.953. The topological polar surface area (TPSA) is 84.8 Å². The van der Waals surface area contributed by atoms with Crippen LogP contribution in [0.1, 0.15) is 13.8 Å². The first kappa shape index (κ1) is 18.3. The van der Waals surface area contributed by atoms with Crippen LogP contribution in [0.3, 0.4) is 0 Å². The summed E-state index contributed by atoms with van der Waals surface area (Å²) < 4.78 is 40.8. The highest BCUT2D eigenvalue weighted by atomic mass is 79.9. The predicted octanol–water partition coefficient (Wildman–Crippen LogP) is 1.81. The average Bonchev–Trinajstić information content (AvgIpc) is 3.17. The molecule has 0 aliphatic carbocycles. The molecule has 2 fully saturated rings. The van der Waals surface area contributed by atoms with Crippen molar-refractivity contribution in [3.05, 3.63) is 16.6 Å². The van der Waals surface area contributed by atoms with Crippen LogP contribution in [0.15, 0.2) is 16.6 Å². The fourth-order valence-electron chi connectivity index (χ4n) is 3.44. The van der Waals surface area contributed by atoms with Gasteiger partial charge in [0, 0.05) is 19.2 Å². The van der Waals surface area contributed by atoms with E-state index < -0.39 is 36.5 Å². The molecule has 3 aliphatic rings. The third-order valence-corrected chi connectivity index (χ3v) is 5.15. The lowest BCUT2D eigenvalue weighted by Gasteiger charge is -2.40. The Morgan fingerprint density at radius 2 is 1.88 bits per heavy atom. The average molecular weight is 433 g/mol. The molecule has 9 heteroatoms. The number of rotatable bonds is 4. The number of ether oxygens (including phenoxy) is 7. The Kier molecular flexibility index (Phi) is 4.79. The minimum absolute atomic E-state index is 0.169. The number of hydrogen-bond acceptors (Lipinski definition) is 8. The molecule has 3 heterocycles. The zero-order valence-electron chi connectivity index (χ0n) is 14.6. The molecule has 144 valence electrons. The van der Waals surface area contributed by atoms with Gasteiger partial charge in [-0.1, -0.05) is 0 Å². The molecule has 26 heavy (non-hydrogen) atoms. The van der Waals surface area contributed by atoms with E-state index in [9.17, 15) is 5.11 Å². The van der Waals surface area contributed by atoms with Crippen LogP contribution in [0, 0.1) is 0 Å². The van der Waals surface area contributed by atoms with Gasteiger partial charge in [-0.2, -0.15) is 0 Å². The molecule has 1 aromatic rings. The van der Waals surface area contributed by atoms with Gasteiger partial charge >= 0.3 is 0 Å². The largest absolute Gasteiger partial charge is 0.483 e.